The maximum atomic E-state index is 11.2. The van der Waals surface area contributed by atoms with Crippen molar-refractivity contribution in [1.29, 1.82) is 0 Å². The maximum absolute atomic E-state index is 11.2. The van der Waals surface area contributed by atoms with Crippen molar-refractivity contribution in [2.45, 2.75) is 20.8 Å². The number of anilines is 1. The van der Waals surface area contributed by atoms with E-state index in [1.165, 1.54) is 0 Å². The molecule has 0 unspecified atom stereocenters. The van der Waals surface area contributed by atoms with Crippen LogP contribution in [0.15, 0.2) is 6.07 Å². The molecule has 90 valence electrons. The Bertz CT molecular complexity index is 506. The van der Waals surface area contributed by atoms with Crippen molar-refractivity contribution in [2.24, 2.45) is 0 Å². The van der Waals surface area contributed by atoms with E-state index in [-0.39, 0.29) is 0 Å². The molecule has 0 atom stereocenters. The molecule has 0 fully saturated rings. The van der Waals surface area contributed by atoms with Crippen LogP contribution in [0.4, 0.5) is 5.69 Å². The Kier molecular flexibility index (Phi) is 3.48. The molecule has 0 radical (unpaired) electrons. The van der Waals surface area contributed by atoms with Gasteiger partial charge in [-0.2, -0.15) is 0 Å². The standard InChI is InChI=1S/C11H17NO3S/c1-7-6-10(12-16(5,13)14)8(2)9(3)11(7)15-4/h6,12H,1-5H3. The minimum absolute atomic E-state index is 0.610. The zero-order valence-electron chi connectivity index (χ0n) is 10.2. The van der Waals surface area contributed by atoms with Crippen LogP contribution in [0.3, 0.4) is 0 Å². The summed E-state index contributed by atoms with van der Waals surface area (Å²) >= 11 is 0. The van der Waals surface area contributed by atoms with Crippen molar-refractivity contribution in [3.8, 4) is 5.75 Å². The van der Waals surface area contributed by atoms with Crippen molar-refractivity contribution in [3.05, 3.63) is 22.8 Å². The van der Waals surface area contributed by atoms with Gasteiger partial charge in [0.2, 0.25) is 10.0 Å². The van der Waals surface area contributed by atoms with E-state index in [9.17, 15) is 8.42 Å². The Labute approximate surface area is 96.7 Å². The highest BCUT2D eigenvalue weighted by atomic mass is 32.2. The highest BCUT2D eigenvalue weighted by molar-refractivity contribution is 7.92. The minimum Gasteiger partial charge on any atom is -0.496 e. The lowest BCUT2D eigenvalue weighted by Crippen LogP contribution is -2.11. The summed E-state index contributed by atoms with van der Waals surface area (Å²) in [6.45, 7) is 5.66. The summed E-state index contributed by atoms with van der Waals surface area (Å²) in [5, 5.41) is 0. The number of ether oxygens (including phenoxy) is 1. The molecule has 0 spiro atoms. The van der Waals surface area contributed by atoms with Crippen molar-refractivity contribution >= 4 is 15.7 Å². The smallest absolute Gasteiger partial charge is 0.229 e. The lowest BCUT2D eigenvalue weighted by atomic mass is 10.0. The fourth-order valence-corrected chi connectivity index (χ4v) is 2.29. The second-order valence-corrected chi connectivity index (χ2v) is 5.65. The fraction of sp³-hybridized carbons (Fsp3) is 0.455. The van der Waals surface area contributed by atoms with Crippen LogP contribution in [0, 0.1) is 20.8 Å². The molecule has 16 heavy (non-hydrogen) atoms. The first-order chi connectivity index (χ1) is 7.26. The van der Waals surface area contributed by atoms with Gasteiger partial charge in [0.25, 0.3) is 0 Å². The van der Waals surface area contributed by atoms with E-state index in [2.05, 4.69) is 4.72 Å². The normalized spacial score (nSPS) is 11.3. The fourth-order valence-electron chi connectivity index (χ4n) is 1.68. The highest BCUT2D eigenvalue weighted by Crippen LogP contribution is 2.31. The second-order valence-electron chi connectivity index (χ2n) is 3.90. The van der Waals surface area contributed by atoms with Crippen LogP contribution in [-0.2, 0) is 10.0 Å². The molecular formula is C11H17NO3S. The van der Waals surface area contributed by atoms with Gasteiger partial charge in [0.05, 0.1) is 19.1 Å². The van der Waals surface area contributed by atoms with Crippen LogP contribution in [-0.4, -0.2) is 21.8 Å². The van der Waals surface area contributed by atoms with Crippen molar-refractivity contribution in [1.82, 2.24) is 0 Å². The Morgan fingerprint density at radius 1 is 1.19 bits per heavy atom. The summed E-state index contributed by atoms with van der Waals surface area (Å²) in [6.07, 6.45) is 1.14. The van der Waals surface area contributed by atoms with Crippen LogP contribution in [0.1, 0.15) is 16.7 Å². The summed E-state index contributed by atoms with van der Waals surface area (Å²) in [6, 6.07) is 1.78. The molecule has 0 aromatic heterocycles. The molecule has 1 N–H and O–H groups in total. The van der Waals surface area contributed by atoms with E-state index in [0.717, 1.165) is 28.7 Å². The first-order valence-corrected chi connectivity index (χ1v) is 6.78. The molecule has 1 aromatic rings. The molecule has 0 aliphatic heterocycles. The molecule has 0 heterocycles. The van der Waals surface area contributed by atoms with Crippen LogP contribution in [0.5, 0.6) is 5.75 Å². The number of nitrogens with one attached hydrogen (secondary N) is 1. The SMILES string of the molecule is COc1c(C)cc(NS(C)(=O)=O)c(C)c1C. The van der Waals surface area contributed by atoms with Gasteiger partial charge >= 0.3 is 0 Å². The van der Waals surface area contributed by atoms with E-state index in [0.29, 0.717) is 5.69 Å². The van der Waals surface area contributed by atoms with Gasteiger partial charge < -0.3 is 4.74 Å². The lowest BCUT2D eigenvalue weighted by Gasteiger charge is -2.15. The summed E-state index contributed by atoms with van der Waals surface area (Å²) in [4.78, 5) is 0. The van der Waals surface area contributed by atoms with Crippen LogP contribution in [0.2, 0.25) is 0 Å². The third-order valence-corrected chi connectivity index (χ3v) is 3.12. The number of sulfonamides is 1. The van der Waals surface area contributed by atoms with Crippen LogP contribution in [0.25, 0.3) is 0 Å². The molecule has 0 saturated carbocycles. The van der Waals surface area contributed by atoms with Gasteiger partial charge in [-0.05, 0) is 43.5 Å². The van der Waals surface area contributed by atoms with Gasteiger partial charge in [-0.15, -0.1) is 0 Å². The van der Waals surface area contributed by atoms with E-state index < -0.39 is 10.0 Å². The summed E-state index contributed by atoms with van der Waals surface area (Å²) in [5.74, 6) is 0.802. The monoisotopic (exact) mass is 243 g/mol. The molecule has 4 nitrogen and oxygen atoms in total. The highest BCUT2D eigenvalue weighted by Gasteiger charge is 2.12. The molecule has 0 aliphatic carbocycles. The van der Waals surface area contributed by atoms with Gasteiger partial charge in [0.15, 0.2) is 0 Å². The second kappa shape index (κ2) is 4.33. The van der Waals surface area contributed by atoms with Gasteiger partial charge in [0, 0.05) is 0 Å². The average Bonchev–Trinajstić information content (AvgIpc) is 2.12. The minimum atomic E-state index is -3.24. The van der Waals surface area contributed by atoms with E-state index in [1.807, 2.05) is 20.8 Å². The first kappa shape index (κ1) is 12.8. The van der Waals surface area contributed by atoms with Gasteiger partial charge in [-0.25, -0.2) is 8.42 Å². The first-order valence-electron chi connectivity index (χ1n) is 4.89. The predicted molar refractivity (Wildman–Crippen MR) is 65.7 cm³/mol. The zero-order valence-corrected chi connectivity index (χ0v) is 11.0. The van der Waals surface area contributed by atoms with E-state index >= 15 is 0 Å². The maximum Gasteiger partial charge on any atom is 0.229 e. The molecule has 5 heteroatoms. The van der Waals surface area contributed by atoms with Crippen LogP contribution >= 0.6 is 0 Å². The third kappa shape index (κ3) is 2.66. The number of hydrogen-bond acceptors (Lipinski definition) is 3. The molecule has 0 aliphatic rings. The Balaban J connectivity index is 3.34. The average molecular weight is 243 g/mol. The largest absolute Gasteiger partial charge is 0.496 e. The molecule has 1 aromatic carbocycles. The van der Waals surface area contributed by atoms with Crippen molar-refractivity contribution < 1.29 is 13.2 Å². The number of aryl methyl sites for hydroxylation is 1. The van der Waals surface area contributed by atoms with Crippen molar-refractivity contribution in [3.63, 3.8) is 0 Å². The Morgan fingerprint density at radius 3 is 2.19 bits per heavy atom. The summed E-state index contributed by atoms with van der Waals surface area (Å²) in [5.41, 5.74) is 3.36. The zero-order chi connectivity index (χ0) is 12.5. The van der Waals surface area contributed by atoms with Crippen molar-refractivity contribution in [2.75, 3.05) is 18.1 Å². The third-order valence-electron chi connectivity index (χ3n) is 2.53. The van der Waals surface area contributed by atoms with Gasteiger partial charge in [-0.1, -0.05) is 0 Å². The Hall–Kier alpha value is -1.23. The van der Waals surface area contributed by atoms with Gasteiger partial charge in [0.1, 0.15) is 5.75 Å². The summed E-state index contributed by atoms with van der Waals surface area (Å²) in [7, 11) is -1.63. The van der Waals surface area contributed by atoms with E-state index in [4.69, 9.17) is 4.74 Å². The van der Waals surface area contributed by atoms with E-state index in [1.54, 1.807) is 13.2 Å². The number of hydrogen-bond donors (Lipinski definition) is 1. The van der Waals surface area contributed by atoms with Crippen LogP contribution < -0.4 is 9.46 Å². The molecule has 0 amide bonds. The lowest BCUT2D eigenvalue weighted by molar-refractivity contribution is 0.408. The number of rotatable bonds is 3. The molecule has 0 saturated heterocycles. The molecule has 1 rings (SSSR count). The number of methoxy groups -OCH3 is 1. The number of benzene rings is 1. The topological polar surface area (TPSA) is 55.4 Å². The summed E-state index contributed by atoms with van der Waals surface area (Å²) < 4.78 is 30.1. The quantitative estimate of drug-likeness (QED) is 0.883. The Morgan fingerprint density at radius 2 is 1.75 bits per heavy atom. The predicted octanol–water partition coefficient (Wildman–Crippen LogP) is 1.99. The van der Waals surface area contributed by atoms with Gasteiger partial charge in [-0.3, -0.25) is 4.72 Å². The molecular weight excluding hydrogens is 226 g/mol. The molecule has 0 bridgehead atoms.